The average molecular weight is 375 g/mol. The zero-order chi connectivity index (χ0) is 17.0. The van der Waals surface area contributed by atoms with E-state index in [0.29, 0.717) is 26.5 Å². The number of urea groups is 1. The molecule has 0 aliphatic rings. The smallest absolute Gasteiger partial charge is 0.319 e. The van der Waals surface area contributed by atoms with Crippen molar-refractivity contribution in [3.8, 4) is 11.5 Å². The van der Waals surface area contributed by atoms with Gasteiger partial charge in [-0.05, 0) is 25.1 Å². The van der Waals surface area contributed by atoms with Crippen LogP contribution in [-0.4, -0.2) is 20.3 Å². The van der Waals surface area contributed by atoms with Crippen LogP contribution in [0.25, 0.3) is 0 Å². The van der Waals surface area contributed by atoms with Gasteiger partial charge in [0.05, 0.1) is 35.3 Å². The molecule has 0 radical (unpaired) electrons. The third-order valence-electron chi connectivity index (χ3n) is 3.09. The number of ether oxygens (including phenoxy) is 2. The summed E-state index contributed by atoms with van der Waals surface area (Å²) in [6.45, 7) is 1.87. The first-order chi connectivity index (χ1) is 10.9. The SMILES string of the molecule is COc1cc(OC)c(NC(=O)N[C@@H](C)c2ccc(Cl)s2)cc1Cl. The molecule has 0 saturated heterocycles. The standard InChI is InChI=1S/C15H16Cl2N2O3S/c1-8(13-4-5-14(17)23-13)18-15(20)19-10-6-9(16)11(21-2)7-12(10)22-3/h4-8H,1-3H3,(H2,18,19,20)/t8-/m0/s1. The predicted octanol–water partition coefficient (Wildman–Crippen LogP) is 4.95. The van der Waals surface area contributed by atoms with Gasteiger partial charge in [-0.25, -0.2) is 4.79 Å². The molecule has 0 unspecified atom stereocenters. The zero-order valence-corrected chi connectivity index (χ0v) is 15.1. The molecule has 2 rings (SSSR count). The molecule has 0 aliphatic carbocycles. The number of methoxy groups -OCH3 is 2. The number of nitrogens with one attached hydrogen (secondary N) is 2. The van der Waals surface area contributed by atoms with Gasteiger partial charge in [-0.1, -0.05) is 23.2 Å². The van der Waals surface area contributed by atoms with Gasteiger partial charge in [-0.2, -0.15) is 0 Å². The van der Waals surface area contributed by atoms with Crippen LogP contribution in [-0.2, 0) is 0 Å². The molecule has 2 N–H and O–H groups in total. The van der Waals surface area contributed by atoms with Crippen molar-refractivity contribution in [2.75, 3.05) is 19.5 Å². The Hall–Kier alpha value is -1.63. The number of amides is 2. The van der Waals surface area contributed by atoms with E-state index in [1.54, 1.807) is 18.2 Å². The minimum absolute atomic E-state index is 0.174. The Labute approximate surface area is 148 Å². The average Bonchev–Trinajstić information content (AvgIpc) is 2.94. The molecule has 23 heavy (non-hydrogen) atoms. The van der Waals surface area contributed by atoms with Crippen LogP contribution in [0.1, 0.15) is 17.8 Å². The van der Waals surface area contributed by atoms with E-state index in [0.717, 1.165) is 4.88 Å². The molecule has 1 heterocycles. The highest BCUT2D eigenvalue weighted by atomic mass is 35.5. The second kappa shape index (κ2) is 7.77. The Kier molecular flexibility index (Phi) is 5.98. The molecular formula is C15H16Cl2N2O3S. The molecule has 124 valence electrons. The number of hydrogen-bond acceptors (Lipinski definition) is 4. The summed E-state index contributed by atoms with van der Waals surface area (Å²) in [5.74, 6) is 0.921. The number of carbonyl (C=O) groups is 1. The van der Waals surface area contributed by atoms with Gasteiger partial charge in [-0.15, -0.1) is 11.3 Å². The number of rotatable bonds is 5. The lowest BCUT2D eigenvalue weighted by atomic mass is 10.2. The number of carbonyl (C=O) groups excluding carboxylic acids is 1. The van der Waals surface area contributed by atoms with E-state index in [1.807, 2.05) is 13.0 Å². The van der Waals surface area contributed by atoms with Crippen LogP contribution in [0.5, 0.6) is 11.5 Å². The Morgan fingerprint density at radius 3 is 2.43 bits per heavy atom. The first kappa shape index (κ1) is 17.7. The Morgan fingerprint density at radius 1 is 1.17 bits per heavy atom. The Morgan fingerprint density at radius 2 is 1.87 bits per heavy atom. The van der Waals surface area contributed by atoms with Crippen LogP contribution in [0, 0.1) is 0 Å². The maximum Gasteiger partial charge on any atom is 0.319 e. The van der Waals surface area contributed by atoms with Crippen LogP contribution in [0.15, 0.2) is 24.3 Å². The molecule has 8 heteroatoms. The summed E-state index contributed by atoms with van der Waals surface area (Å²) < 4.78 is 11.0. The van der Waals surface area contributed by atoms with Crippen molar-refractivity contribution in [2.24, 2.45) is 0 Å². The van der Waals surface area contributed by atoms with Crippen LogP contribution >= 0.6 is 34.5 Å². The van der Waals surface area contributed by atoms with Gasteiger partial charge in [0.25, 0.3) is 0 Å². The summed E-state index contributed by atoms with van der Waals surface area (Å²) in [6, 6.07) is 6.31. The summed E-state index contributed by atoms with van der Waals surface area (Å²) in [4.78, 5) is 13.1. The van der Waals surface area contributed by atoms with Crippen LogP contribution in [0.4, 0.5) is 10.5 Å². The molecule has 2 aromatic rings. The molecule has 1 aromatic heterocycles. The van der Waals surface area contributed by atoms with E-state index in [1.165, 1.54) is 25.6 Å². The third kappa shape index (κ3) is 4.43. The second-order valence-electron chi connectivity index (χ2n) is 4.65. The van der Waals surface area contributed by atoms with E-state index in [-0.39, 0.29) is 12.1 Å². The summed E-state index contributed by atoms with van der Waals surface area (Å²) in [7, 11) is 3.01. The quantitative estimate of drug-likeness (QED) is 0.777. The molecule has 0 aliphatic heterocycles. The van der Waals surface area contributed by atoms with Crippen molar-refractivity contribution >= 4 is 46.3 Å². The van der Waals surface area contributed by atoms with E-state index in [9.17, 15) is 4.79 Å². The van der Waals surface area contributed by atoms with Gasteiger partial charge < -0.3 is 20.1 Å². The summed E-state index contributed by atoms with van der Waals surface area (Å²) in [6.07, 6.45) is 0. The zero-order valence-electron chi connectivity index (χ0n) is 12.8. The summed E-state index contributed by atoms with van der Waals surface area (Å²) >= 11 is 13.4. The van der Waals surface area contributed by atoms with Crippen molar-refractivity contribution in [3.63, 3.8) is 0 Å². The van der Waals surface area contributed by atoms with Gasteiger partial charge in [0.1, 0.15) is 11.5 Å². The lowest BCUT2D eigenvalue weighted by molar-refractivity contribution is 0.249. The monoisotopic (exact) mass is 374 g/mol. The Balaban J connectivity index is 2.09. The van der Waals surface area contributed by atoms with Gasteiger partial charge >= 0.3 is 6.03 Å². The van der Waals surface area contributed by atoms with Crippen molar-refractivity contribution in [3.05, 3.63) is 38.5 Å². The largest absolute Gasteiger partial charge is 0.495 e. The van der Waals surface area contributed by atoms with E-state index < -0.39 is 0 Å². The highest BCUT2D eigenvalue weighted by Gasteiger charge is 2.15. The van der Waals surface area contributed by atoms with Gasteiger partial charge in [0.2, 0.25) is 0 Å². The third-order valence-corrected chi connectivity index (χ3v) is 4.80. The second-order valence-corrected chi connectivity index (χ2v) is 6.80. The number of hydrogen-bond donors (Lipinski definition) is 2. The van der Waals surface area contributed by atoms with Crippen LogP contribution < -0.4 is 20.1 Å². The molecule has 2 amide bonds. The van der Waals surface area contributed by atoms with Crippen LogP contribution in [0.2, 0.25) is 9.36 Å². The van der Waals surface area contributed by atoms with Crippen molar-refractivity contribution in [1.29, 1.82) is 0 Å². The number of benzene rings is 1. The molecular weight excluding hydrogens is 359 g/mol. The molecule has 1 aromatic carbocycles. The molecule has 1 atom stereocenters. The lowest BCUT2D eigenvalue weighted by Crippen LogP contribution is -2.30. The molecule has 5 nitrogen and oxygen atoms in total. The normalized spacial score (nSPS) is 11.7. The number of halogens is 2. The van der Waals surface area contributed by atoms with Gasteiger partial charge in [0, 0.05) is 10.9 Å². The van der Waals surface area contributed by atoms with Crippen molar-refractivity contribution in [2.45, 2.75) is 13.0 Å². The maximum absolute atomic E-state index is 12.2. The minimum Gasteiger partial charge on any atom is -0.495 e. The molecule has 0 fully saturated rings. The van der Waals surface area contributed by atoms with Crippen molar-refractivity contribution < 1.29 is 14.3 Å². The fraction of sp³-hybridized carbons (Fsp3) is 0.267. The minimum atomic E-state index is -0.374. The summed E-state index contributed by atoms with van der Waals surface area (Å²) in [5, 5.41) is 5.92. The highest BCUT2D eigenvalue weighted by Crippen LogP contribution is 2.36. The Bertz CT molecular complexity index is 706. The fourth-order valence-electron chi connectivity index (χ4n) is 1.94. The van der Waals surface area contributed by atoms with E-state index in [4.69, 9.17) is 32.7 Å². The molecule has 0 bridgehead atoms. The van der Waals surface area contributed by atoms with Gasteiger partial charge in [0.15, 0.2) is 0 Å². The van der Waals surface area contributed by atoms with Crippen LogP contribution in [0.3, 0.4) is 0 Å². The lowest BCUT2D eigenvalue weighted by Gasteiger charge is -2.16. The highest BCUT2D eigenvalue weighted by molar-refractivity contribution is 7.16. The number of anilines is 1. The summed E-state index contributed by atoms with van der Waals surface area (Å²) in [5.41, 5.74) is 0.451. The van der Waals surface area contributed by atoms with Crippen molar-refractivity contribution in [1.82, 2.24) is 5.32 Å². The maximum atomic E-state index is 12.2. The van der Waals surface area contributed by atoms with E-state index >= 15 is 0 Å². The van der Waals surface area contributed by atoms with E-state index in [2.05, 4.69) is 10.6 Å². The molecule has 0 spiro atoms. The predicted molar refractivity (Wildman–Crippen MR) is 94.5 cm³/mol. The van der Waals surface area contributed by atoms with Gasteiger partial charge in [-0.3, -0.25) is 0 Å². The first-order valence-corrected chi connectivity index (χ1v) is 8.26. The first-order valence-electron chi connectivity index (χ1n) is 6.69. The number of thiophene rings is 1. The molecule has 0 saturated carbocycles. The fourth-order valence-corrected chi connectivity index (χ4v) is 3.25. The topological polar surface area (TPSA) is 59.6 Å².